The highest BCUT2D eigenvalue weighted by atomic mass is 32.1. The van der Waals surface area contributed by atoms with E-state index in [1.54, 1.807) is 24.3 Å². The molecule has 0 radical (unpaired) electrons. The molecule has 126 valence electrons. The quantitative estimate of drug-likeness (QED) is 0.746. The molecule has 3 rings (SSSR count). The first-order valence-electron chi connectivity index (χ1n) is 7.93. The third-order valence-electron chi connectivity index (χ3n) is 4.07. The first kappa shape index (κ1) is 16.7. The number of thiophene rings is 1. The molecular formula is C18H20N2O3S. The Morgan fingerprint density at radius 3 is 2.62 bits per heavy atom. The molecule has 0 aliphatic heterocycles. The van der Waals surface area contributed by atoms with Crippen molar-refractivity contribution >= 4 is 21.6 Å². The number of aromatic hydroxyl groups is 1. The zero-order chi connectivity index (χ0) is 17.3. The summed E-state index contributed by atoms with van der Waals surface area (Å²) in [6.45, 7) is 3.99. The van der Waals surface area contributed by atoms with E-state index in [1.165, 1.54) is 22.2 Å². The zero-order valence-electron chi connectivity index (χ0n) is 13.6. The van der Waals surface area contributed by atoms with Gasteiger partial charge in [0.15, 0.2) is 0 Å². The molecule has 6 heteroatoms. The summed E-state index contributed by atoms with van der Waals surface area (Å²) in [6.07, 6.45) is 2.59. The van der Waals surface area contributed by atoms with Gasteiger partial charge >= 0.3 is 0 Å². The summed E-state index contributed by atoms with van der Waals surface area (Å²) in [5, 5.41) is 19.3. The summed E-state index contributed by atoms with van der Waals surface area (Å²) in [4.78, 5) is 18.1. The van der Waals surface area contributed by atoms with Crippen LogP contribution in [-0.4, -0.2) is 25.9 Å². The number of fused-ring (bicyclic) bond motifs is 1. The lowest BCUT2D eigenvalue weighted by atomic mass is 10.0. The van der Waals surface area contributed by atoms with Gasteiger partial charge in [-0.3, -0.25) is 9.36 Å². The Hall–Kier alpha value is -2.18. The number of nitrogens with zero attached hydrogens (tertiary/aromatic N) is 2. The van der Waals surface area contributed by atoms with Gasteiger partial charge in [0.25, 0.3) is 5.56 Å². The lowest BCUT2D eigenvalue weighted by Gasteiger charge is -2.12. The molecule has 24 heavy (non-hydrogen) atoms. The number of phenols is 1. The monoisotopic (exact) mass is 344 g/mol. The number of aryl methyl sites for hydroxylation is 1. The van der Waals surface area contributed by atoms with Crippen molar-refractivity contribution in [2.24, 2.45) is 5.92 Å². The fraction of sp³-hybridized carbons (Fsp3) is 0.333. The highest BCUT2D eigenvalue weighted by molar-refractivity contribution is 7.18. The minimum Gasteiger partial charge on any atom is -0.508 e. The van der Waals surface area contributed by atoms with Crippen LogP contribution in [0, 0.1) is 5.92 Å². The van der Waals surface area contributed by atoms with Crippen LogP contribution >= 0.6 is 11.3 Å². The normalized spacial score (nSPS) is 12.8. The van der Waals surface area contributed by atoms with Crippen molar-refractivity contribution in [1.82, 2.24) is 9.55 Å². The van der Waals surface area contributed by atoms with Crippen molar-refractivity contribution in [1.29, 1.82) is 0 Å². The number of phenolic OH excluding ortho intramolecular Hbond substituents is 1. The number of aliphatic hydroxyl groups is 1. The van der Waals surface area contributed by atoms with E-state index in [2.05, 4.69) is 4.98 Å². The molecule has 0 aliphatic carbocycles. The number of rotatable bonds is 5. The van der Waals surface area contributed by atoms with Crippen LogP contribution in [0.15, 0.2) is 41.5 Å². The lowest BCUT2D eigenvalue weighted by Crippen LogP contribution is -2.17. The van der Waals surface area contributed by atoms with E-state index in [0.29, 0.717) is 22.3 Å². The summed E-state index contributed by atoms with van der Waals surface area (Å²) in [5.41, 5.74) is 1.23. The number of hydrogen-bond donors (Lipinski definition) is 2. The van der Waals surface area contributed by atoms with Gasteiger partial charge in [0, 0.05) is 4.88 Å². The maximum atomic E-state index is 12.7. The van der Waals surface area contributed by atoms with Crippen molar-refractivity contribution < 1.29 is 10.2 Å². The minimum absolute atomic E-state index is 0.119. The Labute approximate surface area is 143 Å². The molecule has 0 spiro atoms. The number of benzene rings is 1. The molecule has 2 heterocycles. The first-order valence-corrected chi connectivity index (χ1v) is 8.75. The molecule has 0 saturated carbocycles. The molecule has 0 bridgehead atoms. The van der Waals surface area contributed by atoms with Crippen LogP contribution in [0.4, 0.5) is 0 Å². The molecule has 0 aliphatic rings. The van der Waals surface area contributed by atoms with E-state index in [4.69, 9.17) is 0 Å². The molecule has 5 nitrogen and oxygen atoms in total. The van der Waals surface area contributed by atoms with Crippen LogP contribution in [0.25, 0.3) is 15.9 Å². The summed E-state index contributed by atoms with van der Waals surface area (Å²) >= 11 is 1.43. The van der Waals surface area contributed by atoms with E-state index in [9.17, 15) is 15.0 Å². The fourth-order valence-electron chi connectivity index (χ4n) is 2.51. The maximum absolute atomic E-state index is 12.7. The smallest absolute Gasteiger partial charge is 0.275 e. The van der Waals surface area contributed by atoms with E-state index < -0.39 is 0 Å². The summed E-state index contributed by atoms with van der Waals surface area (Å²) in [5.74, 6) is 0.382. The fourth-order valence-corrected chi connectivity index (χ4v) is 3.56. The molecule has 1 atom stereocenters. The molecular weight excluding hydrogens is 324 g/mol. The van der Waals surface area contributed by atoms with Gasteiger partial charge in [0.05, 0.1) is 17.3 Å². The SMILES string of the molecule is CC(C)C(O)CCc1cc2ncn(-c3ccc(O)cc3)c(=O)c2s1. The summed E-state index contributed by atoms with van der Waals surface area (Å²) < 4.78 is 2.09. The van der Waals surface area contributed by atoms with Crippen LogP contribution in [-0.2, 0) is 6.42 Å². The second kappa shape index (κ2) is 6.75. The number of aromatic nitrogens is 2. The zero-order valence-corrected chi connectivity index (χ0v) is 14.5. The third-order valence-corrected chi connectivity index (χ3v) is 5.24. The highest BCUT2D eigenvalue weighted by Gasteiger charge is 2.13. The molecule has 3 aromatic rings. The predicted molar refractivity (Wildman–Crippen MR) is 96.0 cm³/mol. The summed E-state index contributed by atoms with van der Waals surface area (Å²) in [7, 11) is 0. The van der Waals surface area contributed by atoms with E-state index in [-0.39, 0.29) is 23.3 Å². The van der Waals surface area contributed by atoms with Gasteiger partial charge in [-0.15, -0.1) is 11.3 Å². The second-order valence-electron chi connectivity index (χ2n) is 6.21. The van der Waals surface area contributed by atoms with Crippen molar-refractivity contribution in [2.45, 2.75) is 32.8 Å². The van der Waals surface area contributed by atoms with Crippen LogP contribution in [0.1, 0.15) is 25.1 Å². The summed E-state index contributed by atoms with van der Waals surface area (Å²) in [6, 6.07) is 8.36. The van der Waals surface area contributed by atoms with Gasteiger partial charge in [-0.25, -0.2) is 4.98 Å². The average Bonchev–Trinajstić information content (AvgIpc) is 2.98. The number of hydrogen-bond acceptors (Lipinski definition) is 5. The van der Waals surface area contributed by atoms with Crippen molar-refractivity contribution in [3.8, 4) is 11.4 Å². The molecule has 2 aromatic heterocycles. The molecule has 0 amide bonds. The molecule has 2 N–H and O–H groups in total. The Bertz CT molecular complexity index is 897. The van der Waals surface area contributed by atoms with Gasteiger partial charge in [-0.1, -0.05) is 13.8 Å². The van der Waals surface area contributed by atoms with Gasteiger partial charge in [-0.2, -0.15) is 0 Å². The van der Waals surface area contributed by atoms with Gasteiger partial charge < -0.3 is 10.2 Å². The van der Waals surface area contributed by atoms with Gasteiger partial charge in [0.2, 0.25) is 0 Å². The average molecular weight is 344 g/mol. The molecule has 1 unspecified atom stereocenters. The van der Waals surface area contributed by atoms with Crippen molar-refractivity contribution in [2.75, 3.05) is 0 Å². The molecule has 0 saturated heterocycles. The van der Waals surface area contributed by atoms with Crippen LogP contribution in [0.3, 0.4) is 0 Å². The van der Waals surface area contributed by atoms with Crippen molar-refractivity contribution in [3.63, 3.8) is 0 Å². The minimum atomic E-state index is -0.336. The van der Waals surface area contributed by atoms with E-state index >= 15 is 0 Å². The molecule has 0 fully saturated rings. The predicted octanol–water partition coefficient (Wildman–Crippen LogP) is 3.10. The first-order chi connectivity index (χ1) is 11.5. The Kier molecular flexibility index (Phi) is 4.69. The van der Waals surface area contributed by atoms with Crippen LogP contribution in [0.2, 0.25) is 0 Å². The third kappa shape index (κ3) is 3.34. The van der Waals surface area contributed by atoms with Crippen molar-refractivity contribution in [3.05, 3.63) is 51.9 Å². The molecule has 1 aromatic carbocycles. The van der Waals surface area contributed by atoms with Gasteiger partial charge in [-0.05, 0) is 49.1 Å². The second-order valence-corrected chi connectivity index (χ2v) is 7.35. The largest absolute Gasteiger partial charge is 0.508 e. The Morgan fingerprint density at radius 2 is 1.96 bits per heavy atom. The Morgan fingerprint density at radius 1 is 1.25 bits per heavy atom. The Balaban J connectivity index is 1.92. The maximum Gasteiger partial charge on any atom is 0.275 e. The van der Waals surface area contributed by atoms with E-state index in [0.717, 1.165) is 11.3 Å². The standard InChI is InChI=1S/C18H20N2O3S/c1-11(2)16(22)8-7-14-9-15-17(24-14)18(23)20(10-19-15)12-3-5-13(21)6-4-12/h3-6,9-11,16,21-22H,7-8H2,1-2H3. The lowest BCUT2D eigenvalue weighted by molar-refractivity contribution is 0.117. The topological polar surface area (TPSA) is 75.3 Å². The number of aliphatic hydroxyl groups excluding tert-OH is 1. The van der Waals surface area contributed by atoms with Crippen LogP contribution in [0.5, 0.6) is 5.75 Å². The van der Waals surface area contributed by atoms with Gasteiger partial charge in [0.1, 0.15) is 16.8 Å². The van der Waals surface area contributed by atoms with E-state index in [1.807, 2.05) is 19.9 Å². The highest BCUT2D eigenvalue weighted by Crippen LogP contribution is 2.24. The van der Waals surface area contributed by atoms with Crippen LogP contribution < -0.4 is 5.56 Å².